The molecule has 2 aromatic heterocycles. The SMILES string of the molecule is CN=C(NCCCn1nc2n(c1=O)CCCC2)NCC1CCCN(C)C1c1cccs1.I. The smallest absolute Gasteiger partial charge is 0.345 e. The molecule has 4 rings (SSSR count). The molecular formula is C22H36IN7OS. The number of fused-ring (bicyclic) bond motifs is 1. The number of halogens is 1. The highest BCUT2D eigenvalue weighted by molar-refractivity contribution is 14.0. The normalized spacial score (nSPS) is 21.6. The molecule has 0 amide bonds. The highest BCUT2D eigenvalue weighted by atomic mass is 127. The van der Waals surface area contributed by atoms with Crippen LogP contribution < -0.4 is 16.3 Å². The van der Waals surface area contributed by atoms with E-state index in [9.17, 15) is 4.79 Å². The molecule has 1 fully saturated rings. The second-order valence-electron chi connectivity index (χ2n) is 8.61. The number of guanidine groups is 1. The quantitative estimate of drug-likeness (QED) is 0.231. The molecule has 0 saturated carbocycles. The molecule has 0 aliphatic carbocycles. The van der Waals surface area contributed by atoms with E-state index < -0.39 is 0 Å². The van der Waals surface area contributed by atoms with Crippen LogP contribution in [0.5, 0.6) is 0 Å². The number of aromatic nitrogens is 3. The Morgan fingerprint density at radius 2 is 2.16 bits per heavy atom. The summed E-state index contributed by atoms with van der Waals surface area (Å²) in [4.78, 5) is 20.8. The summed E-state index contributed by atoms with van der Waals surface area (Å²) in [6.45, 7) is 4.26. The van der Waals surface area contributed by atoms with Gasteiger partial charge in [0.25, 0.3) is 0 Å². The van der Waals surface area contributed by atoms with Crippen LogP contribution in [0.25, 0.3) is 0 Å². The Morgan fingerprint density at radius 1 is 1.28 bits per heavy atom. The summed E-state index contributed by atoms with van der Waals surface area (Å²) in [5.41, 5.74) is 0.0400. The van der Waals surface area contributed by atoms with Crippen LogP contribution in [-0.2, 0) is 19.5 Å². The minimum absolute atomic E-state index is 0. The van der Waals surface area contributed by atoms with Gasteiger partial charge in [-0.05, 0) is 63.1 Å². The number of nitrogens with one attached hydrogen (secondary N) is 2. The molecule has 2 N–H and O–H groups in total. The first-order valence-electron chi connectivity index (χ1n) is 11.5. The summed E-state index contributed by atoms with van der Waals surface area (Å²) < 4.78 is 3.46. The molecule has 0 aromatic carbocycles. The van der Waals surface area contributed by atoms with Gasteiger partial charge >= 0.3 is 5.69 Å². The molecule has 4 heterocycles. The third kappa shape index (κ3) is 5.93. The van der Waals surface area contributed by atoms with Crippen molar-refractivity contribution in [3.63, 3.8) is 0 Å². The first-order chi connectivity index (χ1) is 15.2. The number of hydrogen-bond donors (Lipinski definition) is 2. The minimum Gasteiger partial charge on any atom is -0.356 e. The first-order valence-corrected chi connectivity index (χ1v) is 12.4. The van der Waals surface area contributed by atoms with E-state index in [1.807, 2.05) is 23.0 Å². The Balaban J connectivity index is 0.00000289. The monoisotopic (exact) mass is 573 g/mol. The standard InChI is InChI=1S/C22H35N7OS.HI/c1-23-21(24-11-7-14-29-22(30)28-13-4-3-10-19(28)26-29)25-16-17-8-5-12-27(2)20(17)18-9-6-15-31-18;/h6,9,15,17,20H,3-5,7-8,10-14,16H2,1-2H3,(H2,23,24,25);1H. The summed E-state index contributed by atoms with van der Waals surface area (Å²) in [5, 5.41) is 13.6. The average Bonchev–Trinajstić information content (AvgIpc) is 3.42. The van der Waals surface area contributed by atoms with Crippen molar-refractivity contribution in [3.8, 4) is 0 Å². The molecule has 2 unspecified atom stereocenters. The Labute approximate surface area is 211 Å². The highest BCUT2D eigenvalue weighted by Gasteiger charge is 2.31. The van der Waals surface area contributed by atoms with Crippen molar-refractivity contribution in [1.29, 1.82) is 0 Å². The third-order valence-electron chi connectivity index (χ3n) is 6.47. The number of piperidine rings is 1. The van der Waals surface area contributed by atoms with E-state index in [0.29, 0.717) is 18.5 Å². The van der Waals surface area contributed by atoms with E-state index in [0.717, 1.165) is 63.6 Å². The van der Waals surface area contributed by atoms with Crippen LogP contribution in [0.3, 0.4) is 0 Å². The lowest BCUT2D eigenvalue weighted by Gasteiger charge is -2.39. The molecule has 178 valence electrons. The molecule has 0 spiro atoms. The fourth-order valence-corrected chi connectivity index (χ4v) is 5.84. The number of aliphatic imine (C=N–C) groups is 1. The predicted molar refractivity (Wildman–Crippen MR) is 141 cm³/mol. The van der Waals surface area contributed by atoms with Crippen molar-refractivity contribution in [2.75, 3.05) is 33.7 Å². The van der Waals surface area contributed by atoms with Crippen LogP contribution in [0, 0.1) is 5.92 Å². The topological polar surface area (TPSA) is 79.5 Å². The second-order valence-corrected chi connectivity index (χ2v) is 9.59. The van der Waals surface area contributed by atoms with Gasteiger partial charge in [0.1, 0.15) is 5.82 Å². The second kappa shape index (κ2) is 12.2. The zero-order valence-corrected chi connectivity index (χ0v) is 22.3. The van der Waals surface area contributed by atoms with E-state index in [1.165, 1.54) is 17.7 Å². The van der Waals surface area contributed by atoms with E-state index in [4.69, 9.17) is 0 Å². The molecule has 32 heavy (non-hydrogen) atoms. The van der Waals surface area contributed by atoms with E-state index >= 15 is 0 Å². The first kappa shape index (κ1) is 25.2. The van der Waals surface area contributed by atoms with Gasteiger partial charge in [-0.3, -0.25) is 14.5 Å². The molecule has 2 atom stereocenters. The maximum absolute atomic E-state index is 12.4. The number of nitrogens with zero attached hydrogens (tertiary/aromatic N) is 5. The number of aryl methyl sites for hydroxylation is 2. The fraction of sp³-hybridized carbons (Fsp3) is 0.682. The van der Waals surface area contributed by atoms with E-state index in [-0.39, 0.29) is 29.7 Å². The van der Waals surface area contributed by atoms with Gasteiger partial charge in [-0.25, -0.2) is 9.48 Å². The summed E-state index contributed by atoms with van der Waals surface area (Å²) in [5.74, 6) is 2.33. The lowest BCUT2D eigenvalue weighted by atomic mass is 9.88. The van der Waals surface area contributed by atoms with Crippen molar-refractivity contribution in [2.24, 2.45) is 10.9 Å². The molecule has 10 heteroatoms. The summed E-state index contributed by atoms with van der Waals surface area (Å²) >= 11 is 1.85. The summed E-state index contributed by atoms with van der Waals surface area (Å²) in [6.07, 6.45) is 6.42. The Bertz CT molecular complexity index is 923. The van der Waals surface area contributed by atoms with Gasteiger partial charge in [-0.2, -0.15) is 5.10 Å². The number of likely N-dealkylation sites (tertiary alicyclic amines) is 1. The van der Waals surface area contributed by atoms with Gasteiger partial charge in [-0.1, -0.05) is 6.07 Å². The molecule has 2 aliphatic rings. The summed E-state index contributed by atoms with van der Waals surface area (Å²) in [7, 11) is 4.05. The largest absolute Gasteiger partial charge is 0.356 e. The van der Waals surface area contributed by atoms with Crippen LogP contribution in [0.4, 0.5) is 0 Å². The van der Waals surface area contributed by atoms with Crippen molar-refractivity contribution >= 4 is 41.3 Å². The zero-order valence-electron chi connectivity index (χ0n) is 19.1. The predicted octanol–water partition coefficient (Wildman–Crippen LogP) is 2.70. The molecule has 2 aliphatic heterocycles. The lowest BCUT2D eigenvalue weighted by Crippen LogP contribution is -2.45. The molecule has 1 saturated heterocycles. The minimum atomic E-state index is 0. The molecule has 0 radical (unpaired) electrons. The van der Waals surface area contributed by atoms with E-state index in [1.54, 1.807) is 4.68 Å². The van der Waals surface area contributed by atoms with Crippen molar-refractivity contribution in [2.45, 2.75) is 57.7 Å². The van der Waals surface area contributed by atoms with Crippen LogP contribution in [-0.4, -0.2) is 58.9 Å². The number of hydrogen-bond acceptors (Lipinski definition) is 5. The third-order valence-corrected chi connectivity index (χ3v) is 7.41. The Hall–Kier alpha value is -1.40. The molecular weight excluding hydrogens is 537 g/mol. The summed E-state index contributed by atoms with van der Waals surface area (Å²) in [6, 6.07) is 4.88. The van der Waals surface area contributed by atoms with Crippen molar-refractivity contribution in [3.05, 3.63) is 38.7 Å². The average molecular weight is 574 g/mol. The van der Waals surface area contributed by atoms with Crippen LogP contribution >= 0.6 is 35.3 Å². The van der Waals surface area contributed by atoms with Gasteiger partial charge in [0.05, 0.1) is 0 Å². The van der Waals surface area contributed by atoms with E-state index in [2.05, 4.69) is 50.2 Å². The van der Waals surface area contributed by atoms with Crippen molar-refractivity contribution < 1.29 is 0 Å². The maximum Gasteiger partial charge on any atom is 0.345 e. The number of rotatable bonds is 7. The van der Waals surface area contributed by atoms with Gasteiger partial charge in [-0.15, -0.1) is 35.3 Å². The van der Waals surface area contributed by atoms with Gasteiger partial charge < -0.3 is 10.6 Å². The lowest BCUT2D eigenvalue weighted by molar-refractivity contribution is 0.125. The van der Waals surface area contributed by atoms with Crippen LogP contribution in [0.15, 0.2) is 27.3 Å². The molecule has 0 bridgehead atoms. The Morgan fingerprint density at radius 3 is 2.91 bits per heavy atom. The van der Waals surface area contributed by atoms with Crippen LogP contribution in [0.1, 0.15) is 48.8 Å². The van der Waals surface area contributed by atoms with Crippen molar-refractivity contribution in [1.82, 2.24) is 29.9 Å². The van der Waals surface area contributed by atoms with Gasteiger partial charge in [0.15, 0.2) is 5.96 Å². The van der Waals surface area contributed by atoms with Gasteiger partial charge in [0.2, 0.25) is 0 Å². The Kier molecular flexibility index (Phi) is 9.60. The maximum atomic E-state index is 12.4. The molecule has 2 aromatic rings. The highest BCUT2D eigenvalue weighted by Crippen LogP contribution is 2.36. The van der Waals surface area contributed by atoms with Gasteiger partial charge in [0, 0.05) is 50.6 Å². The molecule has 8 nitrogen and oxygen atoms in total. The fourth-order valence-electron chi connectivity index (χ4n) is 4.86. The van der Waals surface area contributed by atoms with Crippen LogP contribution in [0.2, 0.25) is 0 Å². The zero-order chi connectivity index (χ0) is 21.6. The number of thiophene rings is 1.